The zero-order chi connectivity index (χ0) is 15.9. The van der Waals surface area contributed by atoms with Crippen LogP contribution < -0.4 is 15.4 Å². The number of ether oxygens (including phenoxy) is 1. The smallest absolute Gasteiger partial charge is 0.135 e. The van der Waals surface area contributed by atoms with Crippen LogP contribution in [0.3, 0.4) is 0 Å². The Bertz CT molecular complexity index is 624. The second kappa shape index (κ2) is 7.81. The molecule has 2 N–H and O–H groups in total. The first kappa shape index (κ1) is 15.6. The van der Waals surface area contributed by atoms with E-state index in [0.717, 1.165) is 23.1 Å². The van der Waals surface area contributed by atoms with Crippen LogP contribution in [0.2, 0.25) is 0 Å². The van der Waals surface area contributed by atoms with E-state index in [2.05, 4.69) is 20.6 Å². The molecule has 1 aromatic carbocycles. The molecule has 1 heterocycles. The van der Waals surface area contributed by atoms with Crippen molar-refractivity contribution in [3.8, 4) is 5.75 Å². The van der Waals surface area contributed by atoms with Gasteiger partial charge in [-0.1, -0.05) is 31.7 Å². The van der Waals surface area contributed by atoms with Crippen LogP contribution in [0.5, 0.6) is 5.75 Å². The third-order valence-corrected chi connectivity index (χ3v) is 4.22. The Hall–Kier alpha value is -2.30. The second-order valence-corrected chi connectivity index (χ2v) is 5.98. The Balaban J connectivity index is 1.66. The lowest BCUT2D eigenvalue weighted by Gasteiger charge is -2.17. The molecule has 0 bridgehead atoms. The number of nitrogens with zero attached hydrogens (tertiary/aromatic N) is 2. The van der Waals surface area contributed by atoms with Crippen molar-refractivity contribution in [1.29, 1.82) is 0 Å². The van der Waals surface area contributed by atoms with Crippen LogP contribution in [0.4, 0.5) is 17.3 Å². The monoisotopic (exact) mass is 312 g/mol. The fourth-order valence-electron chi connectivity index (χ4n) is 2.99. The van der Waals surface area contributed by atoms with Crippen molar-refractivity contribution in [3.63, 3.8) is 0 Å². The summed E-state index contributed by atoms with van der Waals surface area (Å²) in [5.74, 6) is 2.49. The molecule has 1 aliphatic carbocycles. The quantitative estimate of drug-likeness (QED) is 0.803. The highest BCUT2D eigenvalue weighted by molar-refractivity contribution is 5.60. The fourth-order valence-corrected chi connectivity index (χ4v) is 2.99. The highest BCUT2D eigenvalue weighted by atomic mass is 16.5. The molecule has 0 amide bonds. The van der Waals surface area contributed by atoms with Gasteiger partial charge in [0.2, 0.25) is 0 Å². The van der Waals surface area contributed by atoms with Crippen LogP contribution in [0.25, 0.3) is 0 Å². The van der Waals surface area contributed by atoms with Crippen LogP contribution >= 0.6 is 0 Å². The molecule has 0 radical (unpaired) electrons. The first-order valence-corrected chi connectivity index (χ1v) is 8.33. The van der Waals surface area contributed by atoms with Gasteiger partial charge in [-0.2, -0.15) is 0 Å². The SMILES string of the molecule is COc1cccc(Nc2cc(NC3CCCCCC3)ncn2)c1. The maximum absolute atomic E-state index is 5.24. The van der Waals surface area contributed by atoms with Crippen LogP contribution in [0.15, 0.2) is 36.7 Å². The number of rotatable bonds is 5. The predicted molar refractivity (Wildman–Crippen MR) is 93.4 cm³/mol. The van der Waals surface area contributed by atoms with E-state index in [-0.39, 0.29) is 0 Å². The standard InChI is InChI=1S/C18H24N4O/c1-23-16-10-6-9-15(11-16)22-18-12-17(19-13-20-18)21-14-7-4-2-3-5-8-14/h6,9-14H,2-5,7-8H2,1H3,(H2,19,20,21,22). The van der Waals surface area contributed by atoms with Crippen molar-refractivity contribution < 1.29 is 4.74 Å². The highest BCUT2D eigenvalue weighted by Crippen LogP contribution is 2.23. The van der Waals surface area contributed by atoms with Crippen molar-refractivity contribution in [2.75, 3.05) is 17.7 Å². The van der Waals surface area contributed by atoms with E-state index in [1.54, 1.807) is 13.4 Å². The molecule has 23 heavy (non-hydrogen) atoms. The number of nitrogens with one attached hydrogen (secondary N) is 2. The lowest BCUT2D eigenvalue weighted by Crippen LogP contribution is -2.19. The average molecular weight is 312 g/mol. The average Bonchev–Trinajstić information content (AvgIpc) is 2.84. The van der Waals surface area contributed by atoms with Gasteiger partial charge < -0.3 is 15.4 Å². The number of methoxy groups -OCH3 is 1. The third-order valence-electron chi connectivity index (χ3n) is 4.22. The summed E-state index contributed by atoms with van der Waals surface area (Å²) in [4.78, 5) is 8.65. The van der Waals surface area contributed by atoms with Crippen LogP contribution in [-0.2, 0) is 0 Å². The zero-order valence-corrected chi connectivity index (χ0v) is 13.6. The minimum atomic E-state index is 0.525. The largest absolute Gasteiger partial charge is 0.497 e. The van der Waals surface area contributed by atoms with E-state index in [0.29, 0.717) is 6.04 Å². The van der Waals surface area contributed by atoms with Crippen molar-refractivity contribution in [2.45, 2.75) is 44.6 Å². The number of hydrogen-bond acceptors (Lipinski definition) is 5. The summed E-state index contributed by atoms with van der Waals surface area (Å²) in [5, 5.41) is 6.85. The summed E-state index contributed by atoms with van der Waals surface area (Å²) in [6, 6.07) is 10.3. The molecule has 2 aromatic rings. The molecule has 0 aliphatic heterocycles. The molecule has 1 saturated carbocycles. The molecule has 3 rings (SSSR count). The second-order valence-electron chi connectivity index (χ2n) is 5.98. The molecule has 122 valence electrons. The van der Waals surface area contributed by atoms with Gasteiger partial charge >= 0.3 is 0 Å². The van der Waals surface area contributed by atoms with Gasteiger partial charge in [-0.3, -0.25) is 0 Å². The van der Waals surface area contributed by atoms with Crippen molar-refractivity contribution >= 4 is 17.3 Å². The van der Waals surface area contributed by atoms with E-state index >= 15 is 0 Å². The molecular formula is C18H24N4O. The maximum Gasteiger partial charge on any atom is 0.135 e. The molecule has 0 saturated heterocycles. The van der Waals surface area contributed by atoms with E-state index < -0.39 is 0 Å². The first-order valence-electron chi connectivity index (χ1n) is 8.33. The molecule has 0 atom stereocenters. The van der Waals surface area contributed by atoms with E-state index in [1.807, 2.05) is 30.3 Å². The van der Waals surface area contributed by atoms with Gasteiger partial charge in [0, 0.05) is 23.9 Å². The zero-order valence-electron chi connectivity index (χ0n) is 13.6. The summed E-state index contributed by atoms with van der Waals surface area (Å²) in [7, 11) is 1.67. The molecule has 1 fully saturated rings. The maximum atomic E-state index is 5.24. The van der Waals surface area contributed by atoms with Gasteiger partial charge in [-0.15, -0.1) is 0 Å². The first-order chi connectivity index (χ1) is 11.3. The normalized spacial score (nSPS) is 15.7. The Morgan fingerprint density at radius 2 is 1.78 bits per heavy atom. The summed E-state index contributed by atoms with van der Waals surface area (Å²) in [6.45, 7) is 0. The number of benzene rings is 1. The van der Waals surface area contributed by atoms with Gasteiger partial charge in [-0.05, 0) is 25.0 Å². The van der Waals surface area contributed by atoms with Crippen molar-refractivity contribution in [1.82, 2.24) is 9.97 Å². The minimum absolute atomic E-state index is 0.525. The lowest BCUT2D eigenvalue weighted by atomic mass is 10.1. The fraction of sp³-hybridized carbons (Fsp3) is 0.444. The number of anilines is 3. The minimum Gasteiger partial charge on any atom is -0.497 e. The topological polar surface area (TPSA) is 59.1 Å². The Labute approximate surface area is 137 Å². The molecule has 1 aromatic heterocycles. The summed E-state index contributed by atoms with van der Waals surface area (Å²) >= 11 is 0. The Morgan fingerprint density at radius 1 is 1.00 bits per heavy atom. The summed E-state index contributed by atoms with van der Waals surface area (Å²) < 4.78 is 5.24. The van der Waals surface area contributed by atoms with Gasteiger partial charge in [0.1, 0.15) is 23.7 Å². The third kappa shape index (κ3) is 4.58. The number of hydrogen-bond donors (Lipinski definition) is 2. The molecule has 5 nitrogen and oxygen atoms in total. The van der Waals surface area contributed by atoms with E-state index in [9.17, 15) is 0 Å². The summed E-state index contributed by atoms with van der Waals surface area (Å²) in [5.41, 5.74) is 0.948. The van der Waals surface area contributed by atoms with E-state index in [1.165, 1.54) is 38.5 Å². The Morgan fingerprint density at radius 3 is 2.57 bits per heavy atom. The summed E-state index contributed by atoms with van der Waals surface area (Å²) in [6.07, 6.45) is 9.36. The van der Waals surface area contributed by atoms with Crippen molar-refractivity contribution in [2.24, 2.45) is 0 Å². The van der Waals surface area contributed by atoms with Gasteiger partial charge in [-0.25, -0.2) is 9.97 Å². The molecular weight excluding hydrogens is 288 g/mol. The van der Waals surface area contributed by atoms with Crippen LogP contribution in [0.1, 0.15) is 38.5 Å². The Kier molecular flexibility index (Phi) is 5.29. The van der Waals surface area contributed by atoms with Crippen LogP contribution in [0, 0.1) is 0 Å². The van der Waals surface area contributed by atoms with E-state index in [4.69, 9.17) is 4.74 Å². The highest BCUT2D eigenvalue weighted by Gasteiger charge is 2.12. The van der Waals surface area contributed by atoms with Crippen molar-refractivity contribution in [3.05, 3.63) is 36.7 Å². The lowest BCUT2D eigenvalue weighted by molar-refractivity contribution is 0.415. The number of aromatic nitrogens is 2. The van der Waals surface area contributed by atoms with Gasteiger partial charge in [0.05, 0.1) is 7.11 Å². The molecule has 1 aliphatic rings. The molecule has 0 unspecified atom stereocenters. The predicted octanol–water partition coefficient (Wildman–Crippen LogP) is 4.36. The molecule has 5 heteroatoms. The molecule has 0 spiro atoms. The van der Waals surface area contributed by atoms with Gasteiger partial charge in [0.25, 0.3) is 0 Å². The van der Waals surface area contributed by atoms with Gasteiger partial charge in [0.15, 0.2) is 0 Å². The van der Waals surface area contributed by atoms with Crippen LogP contribution in [-0.4, -0.2) is 23.1 Å².